The number of rotatable bonds is 14. The molecule has 33 heavy (non-hydrogen) atoms. The summed E-state index contributed by atoms with van der Waals surface area (Å²) in [6, 6.07) is 3.26. The molecule has 1 saturated heterocycles. The Hall–Kier alpha value is 0.975. The zero-order valence-electron chi connectivity index (χ0n) is 16.9. The van der Waals surface area contributed by atoms with Crippen LogP contribution in [0.2, 0.25) is 0 Å². The van der Waals surface area contributed by atoms with Gasteiger partial charge in [0.1, 0.15) is 11.5 Å². The molecule has 1 aromatic rings. The number of hydrogen-bond donors (Lipinski definition) is 4. The molecule has 1 aliphatic heterocycles. The summed E-state index contributed by atoms with van der Waals surface area (Å²) in [6.07, 6.45) is 2.23. The number of aromatic nitrogens is 1. The van der Waals surface area contributed by atoms with Gasteiger partial charge in [-0.05, 0) is 12.5 Å². The highest BCUT2D eigenvalue weighted by atomic mass is 127. The minimum Gasteiger partial charge on any atom is -0.378 e. The van der Waals surface area contributed by atoms with Crippen LogP contribution in [-0.4, -0.2) is 60.3 Å². The largest absolute Gasteiger partial charge is 0.490 e. The van der Waals surface area contributed by atoms with Crippen molar-refractivity contribution in [1.29, 1.82) is 0 Å². The maximum Gasteiger partial charge on any atom is 0.490 e. The highest BCUT2D eigenvalue weighted by Gasteiger charge is 2.43. The highest BCUT2D eigenvalue weighted by molar-refractivity contribution is 14.1. The SMILES string of the molecule is CCSSC(OC1CC([B]I)OC1COP(=O)(O)OP(=O)(O)OP(=O)(O)O)c1cccnc1. The molecule has 0 bridgehead atoms. The molecule has 6 atom stereocenters. The van der Waals surface area contributed by atoms with Crippen LogP contribution >= 0.6 is 67.4 Å². The molecule has 1 aromatic heterocycles. The van der Waals surface area contributed by atoms with Gasteiger partial charge in [-0.3, -0.25) is 9.51 Å². The number of phosphoric ester groups is 1. The van der Waals surface area contributed by atoms with Gasteiger partial charge in [0.05, 0.1) is 12.7 Å². The van der Waals surface area contributed by atoms with Crippen LogP contribution in [0, 0.1) is 0 Å². The third-order valence-electron chi connectivity index (χ3n) is 3.72. The molecule has 13 nitrogen and oxygen atoms in total. The number of nitrogens with zero attached hydrogens (tertiary/aromatic N) is 1. The molecule has 4 N–H and O–H groups in total. The van der Waals surface area contributed by atoms with Crippen molar-refractivity contribution in [2.24, 2.45) is 0 Å². The van der Waals surface area contributed by atoms with Gasteiger partial charge in [-0.25, -0.2) is 13.7 Å². The fraction of sp³-hybridized carbons (Fsp3) is 0.615. The minimum absolute atomic E-state index is 0.358. The van der Waals surface area contributed by atoms with Gasteiger partial charge in [0, 0.05) is 29.7 Å². The van der Waals surface area contributed by atoms with E-state index in [0.29, 0.717) is 6.42 Å². The zero-order valence-corrected chi connectivity index (χ0v) is 23.3. The van der Waals surface area contributed by atoms with Crippen molar-refractivity contribution in [2.75, 3.05) is 12.4 Å². The molecule has 6 unspecified atom stereocenters. The van der Waals surface area contributed by atoms with Crippen molar-refractivity contribution < 1.29 is 55.9 Å². The Balaban J connectivity index is 2.06. The molecular formula is C13H21BINO12P3S2. The van der Waals surface area contributed by atoms with Crippen LogP contribution in [0.25, 0.3) is 0 Å². The molecular weight excluding hydrogens is 657 g/mol. The summed E-state index contributed by atoms with van der Waals surface area (Å²) in [6.45, 7) is 1.41. The Morgan fingerprint density at radius 2 is 2.00 bits per heavy atom. The van der Waals surface area contributed by atoms with E-state index < -0.39 is 47.7 Å². The number of hydrogen-bond acceptors (Lipinski definition) is 11. The van der Waals surface area contributed by atoms with Crippen molar-refractivity contribution in [3.05, 3.63) is 30.1 Å². The normalized spacial score (nSPS) is 25.8. The van der Waals surface area contributed by atoms with E-state index in [1.165, 1.54) is 10.8 Å². The van der Waals surface area contributed by atoms with Crippen molar-refractivity contribution in [2.45, 2.75) is 37.0 Å². The van der Waals surface area contributed by atoms with Crippen LogP contribution in [0.3, 0.4) is 0 Å². The Labute approximate surface area is 212 Å². The van der Waals surface area contributed by atoms with Gasteiger partial charge in [-0.1, -0.05) is 34.6 Å². The zero-order chi connectivity index (χ0) is 24.7. The van der Waals surface area contributed by atoms with E-state index in [9.17, 15) is 23.5 Å². The fourth-order valence-corrected chi connectivity index (χ4v) is 7.99. The highest BCUT2D eigenvalue weighted by Crippen LogP contribution is 2.66. The first-order chi connectivity index (χ1) is 15.3. The molecule has 1 radical (unpaired) electrons. The number of pyridine rings is 1. The van der Waals surface area contributed by atoms with Crippen LogP contribution in [0.15, 0.2) is 24.5 Å². The van der Waals surface area contributed by atoms with Crippen molar-refractivity contribution >= 4 is 72.6 Å². The Morgan fingerprint density at radius 1 is 1.27 bits per heavy atom. The van der Waals surface area contributed by atoms with E-state index in [2.05, 4.69) is 13.6 Å². The quantitative estimate of drug-likeness (QED) is 0.0736. The summed E-state index contributed by atoms with van der Waals surface area (Å²) >= 11 is 2.00. The monoisotopic (exact) mass is 678 g/mol. The first kappa shape index (κ1) is 30.2. The van der Waals surface area contributed by atoms with Gasteiger partial charge in [0.25, 0.3) is 0 Å². The summed E-state index contributed by atoms with van der Waals surface area (Å²) in [4.78, 5) is 40.3. The van der Waals surface area contributed by atoms with E-state index in [1.807, 2.05) is 35.4 Å². The van der Waals surface area contributed by atoms with E-state index in [-0.39, 0.29) is 6.00 Å². The molecule has 2 heterocycles. The number of halogens is 1. The molecule has 0 aliphatic carbocycles. The number of phosphoric acid groups is 3. The lowest BCUT2D eigenvalue weighted by Crippen LogP contribution is -2.29. The van der Waals surface area contributed by atoms with E-state index >= 15 is 0 Å². The average Bonchev–Trinajstić information content (AvgIpc) is 3.09. The molecule has 2 rings (SSSR count). The summed E-state index contributed by atoms with van der Waals surface area (Å²) in [5.41, 5.74) is 0.371. The molecule has 20 heteroatoms. The lowest BCUT2D eigenvalue weighted by molar-refractivity contribution is -0.0447. The van der Waals surface area contributed by atoms with Gasteiger partial charge in [-0.15, -0.1) is 0 Å². The topological polar surface area (TPSA) is 191 Å². The molecule has 187 valence electrons. The lowest BCUT2D eigenvalue weighted by Gasteiger charge is -2.25. The second-order valence-corrected chi connectivity index (χ2v) is 14.1. The molecule has 1 fully saturated rings. The lowest BCUT2D eigenvalue weighted by atomic mass is 9.96. The summed E-state index contributed by atoms with van der Waals surface area (Å²) in [5.74, 6) is 0.825. The van der Waals surface area contributed by atoms with E-state index in [4.69, 9.17) is 23.8 Å². The van der Waals surface area contributed by atoms with Crippen LogP contribution < -0.4 is 0 Å². The van der Waals surface area contributed by atoms with Crippen LogP contribution in [0.5, 0.6) is 0 Å². The predicted molar refractivity (Wildman–Crippen MR) is 130 cm³/mol. The predicted octanol–water partition coefficient (Wildman–Crippen LogP) is 3.38. The van der Waals surface area contributed by atoms with E-state index in [0.717, 1.165) is 11.3 Å². The first-order valence-electron chi connectivity index (χ1n) is 9.05. The van der Waals surface area contributed by atoms with Crippen molar-refractivity contribution in [3.63, 3.8) is 0 Å². The number of ether oxygens (including phenoxy) is 2. The molecule has 0 amide bonds. The molecule has 0 aromatic carbocycles. The van der Waals surface area contributed by atoms with Gasteiger partial charge in [-0.2, -0.15) is 31.0 Å². The van der Waals surface area contributed by atoms with Gasteiger partial charge in [0.15, 0.2) is 0 Å². The standard InChI is InChI=1S/C13H21BINO12P3S2/c1-2-32-33-13(9-4-3-5-16-7-9)26-10-6-12(14-15)25-11(10)8-24-30(20,21)28-31(22,23)27-29(17,18)19/h3-5,7,10-13H,2,6,8H2,1H3,(H,20,21)(H,22,23)(H2,17,18,19). The Morgan fingerprint density at radius 3 is 2.58 bits per heavy atom. The van der Waals surface area contributed by atoms with Crippen LogP contribution in [0.1, 0.15) is 24.3 Å². The van der Waals surface area contributed by atoms with Gasteiger partial charge < -0.3 is 29.0 Å². The third-order valence-corrected chi connectivity index (χ3v) is 10.9. The molecule has 0 spiro atoms. The maximum atomic E-state index is 12.0. The second kappa shape index (κ2) is 13.5. The van der Waals surface area contributed by atoms with Crippen LogP contribution in [-0.2, 0) is 36.3 Å². The molecule has 1 aliphatic rings. The van der Waals surface area contributed by atoms with Crippen molar-refractivity contribution in [1.82, 2.24) is 4.98 Å². The van der Waals surface area contributed by atoms with E-state index in [1.54, 1.807) is 34.4 Å². The average molecular weight is 678 g/mol. The van der Waals surface area contributed by atoms with Crippen molar-refractivity contribution in [3.8, 4) is 0 Å². The maximum absolute atomic E-state index is 12.0. The van der Waals surface area contributed by atoms with Gasteiger partial charge >= 0.3 is 23.5 Å². The summed E-state index contributed by atoms with van der Waals surface area (Å²) in [7, 11) is -13.3. The fourth-order valence-electron chi connectivity index (χ4n) is 2.55. The smallest absolute Gasteiger partial charge is 0.378 e. The second-order valence-electron chi connectivity index (χ2n) is 6.26. The Bertz CT molecular complexity index is 901. The summed E-state index contributed by atoms with van der Waals surface area (Å²) < 4.78 is 58.4. The summed E-state index contributed by atoms with van der Waals surface area (Å²) in [5, 5.41) is 1.74. The first-order valence-corrected chi connectivity index (χ1v) is 17.2. The van der Waals surface area contributed by atoms with Gasteiger partial charge in [0.2, 0.25) is 5.14 Å². The Kier molecular flexibility index (Phi) is 12.4. The van der Waals surface area contributed by atoms with Crippen LogP contribution in [0.4, 0.5) is 0 Å². The minimum atomic E-state index is -5.60. The third kappa shape index (κ3) is 11.3. The molecule has 0 saturated carbocycles.